The molecule has 2 N–H and O–H groups in total. The summed E-state index contributed by atoms with van der Waals surface area (Å²) in [6, 6.07) is 4.86. The van der Waals surface area contributed by atoms with Gasteiger partial charge in [0.15, 0.2) is 5.58 Å². The molecule has 0 aliphatic rings. The third kappa shape index (κ3) is 1.53. The average molecular weight is 197 g/mol. The van der Waals surface area contributed by atoms with Crippen molar-refractivity contribution in [2.24, 2.45) is 0 Å². The van der Waals surface area contributed by atoms with Gasteiger partial charge in [0, 0.05) is 11.1 Å². The maximum Gasteiger partial charge on any atom is 0.548 e. The molecule has 0 aliphatic carbocycles. The Morgan fingerprint density at radius 1 is 1.38 bits per heavy atom. The Labute approximate surface area is 78.9 Å². The first-order chi connectivity index (χ1) is 6.16. The third-order valence-electron chi connectivity index (χ3n) is 1.59. The van der Waals surface area contributed by atoms with Crippen LogP contribution in [0, 0.1) is 0 Å². The fraction of sp³-hybridized carbons (Fsp3) is 0. The second-order valence-corrected chi connectivity index (χ2v) is 2.97. The van der Waals surface area contributed by atoms with Gasteiger partial charge in [-0.15, -0.1) is 0 Å². The normalized spacial score (nSPS) is 10.7. The lowest BCUT2D eigenvalue weighted by molar-refractivity contribution is 0.409. The lowest BCUT2D eigenvalue weighted by Crippen LogP contribution is -2.30. The molecule has 0 radical (unpaired) electrons. The molecule has 1 heterocycles. The van der Waals surface area contributed by atoms with Crippen molar-refractivity contribution < 1.29 is 14.5 Å². The number of halogens is 1. The number of fused-ring (bicyclic) bond motifs is 1. The van der Waals surface area contributed by atoms with Crippen LogP contribution in [-0.4, -0.2) is 22.2 Å². The Morgan fingerprint density at radius 3 is 2.85 bits per heavy atom. The van der Waals surface area contributed by atoms with Crippen molar-refractivity contribution in [3.8, 4) is 0 Å². The number of hydrogen-bond donors (Lipinski definition) is 2. The zero-order valence-corrected chi connectivity index (χ0v) is 7.19. The van der Waals surface area contributed by atoms with E-state index in [9.17, 15) is 0 Å². The molecule has 13 heavy (non-hydrogen) atoms. The minimum Gasteiger partial charge on any atom is -0.443 e. The molecule has 0 saturated carbocycles. The molecule has 1 aromatic heterocycles. The van der Waals surface area contributed by atoms with Crippen LogP contribution in [0.4, 0.5) is 0 Å². The molecule has 4 nitrogen and oxygen atoms in total. The minimum absolute atomic E-state index is 0.128. The minimum atomic E-state index is -1.69. The highest BCUT2D eigenvalue weighted by Crippen LogP contribution is 2.16. The van der Waals surface area contributed by atoms with Crippen molar-refractivity contribution in [2.45, 2.75) is 0 Å². The monoisotopic (exact) mass is 197 g/mol. The van der Waals surface area contributed by atoms with Gasteiger partial charge < -0.3 is 14.5 Å². The summed E-state index contributed by atoms with van der Waals surface area (Å²) in [7, 11) is -1.69. The van der Waals surface area contributed by atoms with Crippen LogP contribution < -0.4 is 5.79 Å². The molecule has 0 saturated heterocycles. The Hall–Kier alpha value is -1.04. The molecule has 0 fully saturated rings. The van der Waals surface area contributed by atoms with Crippen LogP contribution in [0.5, 0.6) is 0 Å². The Morgan fingerprint density at radius 2 is 2.15 bits per heavy atom. The maximum absolute atomic E-state index is 8.76. The van der Waals surface area contributed by atoms with Gasteiger partial charge in [0.2, 0.25) is 5.79 Å². The van der Waals surface area contributed by atoms with Gasteiger partial charge in [-0.05, 0) is 12.1 Å². The topological polar surface area (TPSA) is 66.5 Å². The molecule has 0 bridgehead atoms. The van der Waals surface area contributed by atoms with Crippen molar-refractivity contribution in [1.29, 1.82) is 0 Å². The summed E-state index contributed by atoms with van der Waals surface area (Å²) in [4.78, 5) is 3.83. The van der Waals surface area contributed by atoms with Gasteiger partial charge >= 0.3 is 7.12 Å². The summed E-state index contributed by atoms with van der Waals surface area (Å²) < 4.78 is 5.01. The Balaban J connectivity index is 2.62. The molecule has 0 amide bonds. The molecule has 6 heteroatoms. The zero-order chi connectivity index (χ0) is 9.42. The highest BCUT2D eigenvalue weighted by molar-refractivity contribution is 6.56. The molecule has 66 valence electrons. The number of aromatic nitrogens is 1. The van der Waals surface area contributed by atoms with Gasteiger partial charge in [-0.25, -0.2) is 4.98 Å². The quantitative estimate of drug-likeness (QED) is 0.639. The molecule has 1 aromatic carbocycles. The van der Waals surface area contributed by atoms with E-state index in [4.69, 9.17) is 26.1 Å². The summed E-state index contributed by atoms with van der Waals surface area (Å²) in [6.07, 6.45) is 0. The van der Waals surface area contributed by atoms with E-state index in [1.54, 1.807) is 18.2 Å². The largest absolute Gasteiger partial charge is 0.548 e. The maximum atomic E-state index is 8.76. The first-order valence-electron chi connectivity index (χ1n) is 3.59. The lowest BCUT2D eigenvalue weighted by atomic mass is 9.93. The third-order valence-corrected chi connectivity index (χ3v) is 1.82. The van der Waals surface area contributed by atoms with E-state index in [0.29, 0.717) is 16.1 Å². The predicted molar refractivity (Wildman–Crippen MR) is 48.8 cm³/mol. The molecule has 0 atom stereocenters. The van der Waals surface area contributed by atoms with Crippen LogP contribution in [0.25, 0.3) is 11.1 Å². The smallest absolute Gasteiger partial charge is 0.443 e. The lowest BCUT2D eigenvalue weighted by Gasteiger charge is -1.87. The fourth-order valence-electron chi connectivity index (χ4n) is 1.03. The highest BCUT2D eigenvalue weighted by atomic mass is 35.5. The first kappa shape index (κ1) is 8.56. The number of rotatable bonds is 1. The predicted octanol–water partition coefficient (Wildman–Crippen LogP) is 0.161. The molecular weight excluding hydrogens is 192 g/mol. The van der Waals surface area contributed by atoms with E-state index in [-0.39, 0.29) is 5.79 Å². The zero-order valence-electron chi connectivity index (χ0n) is 6.44. The molecular formula is C7H5BClNO3. The average Bonchev–Trinajstić information content (AvgIpc) is 2.46. The van der Waals surface area contributed by atoms with Gasteiger partial charge in [0.05, 0.1) is 0 Å². The van der Waals surface area contributed by atoms with Crippen molar-refractivity contribution in [1.82, 2.24) is 4.98 Å². The molecule has 0 unspecified atom stereocenters. The summed E-state index contributed by atoms with van der Waals surface area (Å²) >= 11 is 5.69. The number of benzene rings is 1. The molecule has 0 aliphatic heterocycles. The number of oxazole rings is 1. The van der Waals surface area contributed by atoms with Gasteiger partial charge in [-0.1, -0.05) is 11.6 Å². The van der Waals surface area contributed by atoms with Crippen LogP contribution >= 0.6 is 11.6 Å². The number of nitrogens with zero attached hydrogens (tertiary/aromatic N) is 1. The van der Waals surface area contributed by atoms with Crippen LogP contribution in [-0.2, 0) is 0 Å². The summed E-state index contributed by atoms with van der Waals surface area (Å²) in [5.74, 6) is -0.128. The molecule has 2 aromatic rings. The van der Waals surface area contributed by atoms with Crippen molar-refractivity contribution >= 4 is 35.6 Å². The van der Waals surface area contributed by atoms with E-state index in [1.807, 2.05) is 0 Å². The van der Waals surface area contributed by atoms with Gasteiger partial charge in [-0.3, -0.25) is 0 Å². The molecule has 0 spiro atoms. The second kappa shape index (κ2) is 3.03. The summed E-state index contributed by atoms with van der Waals surface area (Å²) in [5.41, 5.74) is 0.989. The van der Waals surface area contributed by atoms with Crippen LogP contribution in [0.2, 0.25) is 5.02 Å². The first-order valence-corrected chi connectivity index (χ1v) is 3.97. The summed E-state index contributed by atoms with van der Waals surface area (Å²) in [5, 5.41) is 18.0. The van der Waals surface area contributed by atoms with Crippen molar-refractivity contribution in [2.75, 3.05) is 0 Å². The van der Waals surface area contributed by atoms with E-state index in [1.165, 1.54) is 0 Å². The van der Waals surface area contributed by atoms with Gasteiger partial charge in [-0.2, -0.15) is 0 Å². The van der Waals surface area contributed by atoms with Crippen LogP contribution in [0.1, 0.15) is 0 Å². The van der Waals surface area contributed by atoms with Gasteiger partial charge in [0.25, 0.3) is 0 Å². The fourth-order valence-corrected chi connectivity index (χ4v) is 1.19. The standard InChI is InChI=1S/C7H5BClNO3/c9-4-1-2-5-6(3-4)13-7(10-5)8(11)12/h1-3,11-12H. The SMILES string of the molecule is OB(O)c1nc2ccc(Cl)cc2o1. The van der Waals surface area contributed by atoms with Crippen molar-refractivity contribution in [3.63, 3.8) is 0 Å². The van der Waals surface area contributed by atoms with Crippen LogP contribution in [0.15, 0.2) is 22.6 Å². The Bertz CT molecular complexity index is 442. The summed E-state index contributed by atoms with van der Waals surface area (Å²) in [6.45, 7) is 0. The number of hydrogen-bond acceptors (Lipinski definition) is 4. The Kier molecular flexibility index (Phi) is 1.99. The van der Waals surface area contributed by atoms with E-state index >= 15 is 0 Å². The van der Waals surface area contributed by atoms with E-state index in [2.05, 4.69) is 4.98 Å². The molecule has 2 rings (SSSR count). The van der Waals surface area contributed by atoms with Crippen LogP contribution in [0.3, 0.4) is 0 Å². The van der Waals surface area contributed by atoms with Gasteiger partial charge in [0.1, 0.15) is 5.52 Å². The highest BCUT2D eigenvalue weighted by Gasteiger charge is 2.18. The van der Waals surface area contributed by atoms with E-state index < -0.39 is 7.12 Å². The van der Waals surface area contributed by atoms with E-state index in [0.717, 1.165) is 0 Å². The second-order valence-electron chi connectivity index (χ2n) is 2.54. The van der Waals surface area contributed by atoms with Crippen molar-refractivity contribution in [3.05, 3.63) is 23.2 Å².